The van der Waals surface area contributed by atoms with E-state index in [2.05, 4.69) is 22.5 Å². The minimum atomic E-state index is -0.101. The molecule has 0 fully saturated rings. The number of carbonyl (C=O) groups is 1. The van der Waals surface area contributed by atoms with E-state index < -0.39 is 0 Å². The number of aromatic nitrogens is 1. The monoisotopic (exact) mass is 303 g/mol. The van der Waals surface area contributed by atoms with Crippen LogP contribution in [-0.4, -0.2) is 17.4 Å². The van der Waals surface area contributed by atoms with Gasteiger partial charge >= 0.3 is 0 Å². The molecular formula is C16H18ClN3O. The smallest absolute Gasteiger partial charge is 0.252 e. The van der Waals surface area contributed by atoms with Crippen LogP contribution in [0.15, 0.2) is 42.7 Å². The highest BCUT2D eigenvalue weighted by molar-refractivity contribution is 6.30. The average molecular weight is 304 g/mol. The second-order valence-corrected chi connectivity index (χ2v) is 5.14. The third kappa shape index (κ3) is 4.76. The maximum atomic E-state index is 12.0. The molecule has 1 heterocycles. The summed E-state index contributed by atoms with van der Waals surface area (Å²) >= 11 is 5.85. The fourth-order valence-electron chi connectivity index (χ4n) is 1.81. The van der Waals surface area contributed by atoms with Crippen molar-refractivity contribution in [2.75, 3.05) is 11.9 Å². The average Bonchev–Trinajstić information content (AvgIpc) is 2.50. The zero-order chi connectivity index (χ0) is 15.1. The molecule has 0 atom stereocenters. The topological polar surface area (TPSA) is 54.0 Å². The molecule has 2 aromatic rings. The van der Waals surface area contributed by atoms with E-state index >= 15 is 0 Å². The van der Waals surface area contributed by atoms with Crippen LogP contribution in [0.25, 0.3) is 0 Å². The molecule has 0 unspecified atom stereocenters. The van der Waals surface area contributed by atoms with Crippen LogP contribution in [0.3, 0.4) is 0 Å². The molecule has 21 heavy (non-hydrogen) atoms. The van der Waals surface area contributed by atoms with Gasteiger partial charge in [0, 0.05) is 23.5 Å². The summed E-state index contributed by atoms with van der Waals surface area (Å²) in [5.41, 5.74) is 2.20. The first-order valence-corrected chi connectivity index (χ1v) is 7.32. The van der Waals surface area contributed by atoms with Gasteiger partial charge in [-0.3, -0.25) is 9.78 Å². The fourth-order valence-corrected chi connectivity index (χ4v) is 1.94. The quantitative estimate of drug-likeness (QED) is 0.793. The van der Waals surface area contributed by atoms with Gasteiger partial charge in [-0.15, -0.1) is 0 Å². The standard InChI is InChI=1S/C16H18ClN3O/c1-2-3-8-19-16(21)12-9-15(11-18-10-12)20-14-6-4-13(17)5-7-14/h4-7,9-11,20H,2-3,8H2,1H3,(H,19,21). The Kier molecular flexibility index (Phi) is 5.58. The van der Waals surface area contributed by atoms with Crippen LogP contribution < -0.4 is 10.6 Å². The van der Waals surface area contributed by atoms with Crippen molar-refractivity contribution in [3.05, 3.63) is 53.3 Å². The lowest BCUT2D eigenvalue weighted by atomic mass is 10.2. The summed E-state index contributed by atoms with van der Waals surface area (Å²) in [6.07, 6.45) is 5.27. The lowest BCUT2D eigenvalue weighted by molar-refractivity contribution is 0.0953. The van der Waals surface area contributed by atoms with E-state index in [-0.39, 0.29) is 5.91 Å². The van der Waals surface area contributed by atoms with Gasteiger partial charge in [0.2, 0.25) is 0 Å². The van der Waals surface area contributed by atoms with Crippen molar-refractivity contribution in [1.29, 1.82) is 0 Å². The summed E-state index contributed by atoms with van der Waals surface area (Å²) < 4.78 is 0. The van der Waals surface area contributed by atoms with Gasteiger partial charge in [-0.2, -0.15) is 0 Å². The molecule has 1 aromatic carbocycles. The number of unbranched alkanes of at least 4 members (excludes halogenated alkanes) is 1. The number of rotatable bonds is 6. The van der Waals surface area contributed by atoms with Crippen LogP contribution in [0, 0.1) is 0 Å². The molecule has 1 aromatic heterocycles. The summed E-state index contributed by atoms with van der Waals surface area (Å²) in [4.78, 5) is 16.1. The highest BCUT2D eigenvalue weighted by atomic mass is 35.5. The number of amides is 1. The molecule has 0 saturated carbocycles. The van der Waals surface area contributed by atoms with E-state index in [1.165, 1.54) is 0 Å². The third-order valence-corrected chi connectivity index (χ3v) is 3.20. The summed E-state index contributed by atoms with van der Waals surface area (Å²) in [5, 5.41) is 6.75. The van der Waals surface area contributed by atoms with Crippen molar-refractivity contribution >= 4 is 28.9 Å². The Balaban J connectivity index is 2.03. The first-order valence-electron chi connectivity index (χ1n) is 6.95. The fraction of sp³-hybridized carbons (Fsp3) is 0.250. The van der Waals surface area contributed by atoms with Gasteiger partial charge in [-0.05, 0) is 36.8 Å². The van der Waals surface area contributed by atoms with E-state index in [1.807, 2.05) is 12.1 Å². The number of benzene rings is 1. The largest absolute Gasteiger partial charge is 0.354 e. The Bertz CT molecular complexity index is 599. The van der Waals surface area contributed by atoms with Crippen molar-refractivity contribution < 1.29 is 4.79 Å². The number of halogens is 1. The van der Waals surface area contributed by atoms with Crippen LogP contribution in [0.4, 0.5) is 11.4 Å². The summed E-state index contributed by atoms with van der Waals surface area (Å²) in [7, 11) is 0. The zero-order valence-corrected chi connectivity index (χ0v) is 12.7. The molecule has 0 radical (unpaired) electrons. The molecule has 0 spiro atoms. The number of anilines is 2. The molecule has 0 aliphatic rings. The van der Waals surface area contributed by atoms with Crippen molar-refractivity contribution in [3.8, 4) is 0 Å². The van der Waals surface area contributed by atoms with Gasteiger partial charge in [-0.1, -0.05) is 24.9 Å². The molecular weight excluding hydrogens is 286 g/mol. The first-order chi connectivity index (χ1) is 10.2. The molecule has 2 rings (SSSR count). The molecule has 5 heteroatoms. The SMILES string of the molecule is CCCCNC(=O)c1cncc(Nc2ccc(Cl)cc2)c1. The molecule has 0 aliphatic heterocycles. The minimum absolute atomic E-state index is 0.101. The summed E-state index contributed by atoms with van der Waals surface area (Å²) in [5.74, 6) is -0.101. The second kappa shape index (κ2) is 7.64. The number of nitrogens with zero attached hydrogens (tertiary/aromatic N) is 1. The molecule has 110 valence electrons. The van der Waals surface area contributed by atoms with Crippen molar-refractivity contribution in [2.45, 2.75) is 19.8 Å². The number of nitrogens with one attached hydrogen (secondary N) is 2. The Morgan fingerprint density at radius 2 is 1.95 bits per heavy atom. The third-order valence-electron chi connectivity index (χ3n) is 2.95. The number of pyridine rings is 1. The van der Waals surface area contributed by atoms with E-state index in [1.54, 1.807) is 30.6 Å². The van der Waals surface area contributed by atoms with Crippen LogP contribution in [0.1, 0.15) is 30.1 Å². The maximum Gasteiger partial charge on any atom is 0.252 e. The van der Waals surface area contributed by atoms with Gasteiger partial charge in [0.25, 0.3) is 5.91 Å². The molecule has 0 aliphatic carbocycles. The van der Waals surface area contributed by atoms with Crippen molar-refractivity contribution in [1.82, 2.24) is 10.3 Å². The number of carbonyl (C=O) groups excluding carboxylic acids is 1. The Labute approximate surface area is 129 Å². The van der Waals surface area contributed by atoms with E-state index in [0.717, 1.165) is 24.2 Å². The first kappa shape index (κ1) is 15.3. The zero-order valence-electron chi connectivity index (χ0n) is 11.9. The van der Waals surface area contributed by atoms with Crippen molar-refractivity contribution in [2.24, 2.45) is 0 Å². The minimum Gasteiger partial charge on any atom is -0.354 e. The van der Waals surface area contributed by atoms with Crippen molar-refractivity contribution in [3.63, 3.8) is 0 Å². The maximum absolute atomic E-state index is 12.0. The number of hydrogen-bond acceptors (Lipinski definition) is 3. The van der Waals surface area contributed by atoms with E-state index in [4.69, 9.17) is 11.6 Å². The Morgan fingerprint density at radius 3 is 2.67 bits per heavy atom. The normalized spacial score (nSPS) is 10.2. The molecule has 4 nitrogen and oxygen atoms in total. The predicted octanol–water partition coefficient (Wildman–Crippen LogP) is 4.01. The van der Waals surface area contributed by atoms with Gasteiger partial charge in [0.15, 0.2) is 0 Å². The van der Waals surface area contributed by atoms with Crippen LogP contribution in [0.2, 0.25) is 5.02 Å². The van der Waals surface area contributed by atoms with Crippen LogP contribution >= 0.6 is 11.6 Å². The van der Waals surface area contributed by atoms with Gasteiger partial charge in [-0.25, -0.2) is 0 Å². The second-order valence-electron chi connectivity index (χ2n) is 4.70. The molecule has 1 amide bonds. The number of hydrogen-bond donors (Lipinski definition) is 2. The molecule has 2 N–H and O–H groups in total. The van der Waals surface area contributed by atoms with Gasteiger partial charge in [0.05, 0.1) is 17.4 Å². The lowest BCUT2D eigenvalue weighted by Gasteiger charge is -2.08. The summed E-state index contributed by atoms with van der Waals surface area (Å²) in [6.45, 7) is 2.77. The Morgan fingerprint density at radius 1 is 1.19 bits per heavy atom. The predicted molar refractivity (Wildman–Crippen MR) is 86.2 cm³/mol. The van der Waals surface area contributed by atoms with Crippen LogP contribution in [-0.2, 0) is 0 Å². The highest BCUT2D eigenvalue weighted by Gasteiger charge is 2.06. The van der Waals surface area contributed by atoms with Gasteiger partial charge < -0.3 is 10.6 Å². The summed E-state index contributed by atoms with van der Waals surface area (Å²) in [6, 6.07) is 9.13. The van der Waals surface area contributed by atoms with E-state index in [9.17, 15) is 4.79 Å². The Hall–Kier alpha value is -2.07. The van der Waals surface area contributed by atoms with E-state index in [0.29, 0.717) is 17.1 Å². The molecule has 0 saturated heterocycles. The van der Waals surface area contributed by atoms with Gasteiger partial charge in [0.1, 0.15) is 0 Å². The highest BCUT2D eigenvalue weighted by Crippen LogP contribution is 2.19. The lowest BCUT2D eigenvalue weighted by Crippen LogP contribution is -2.24. The van der Waals surface area contributed by atoms with Crippen LogP contribution in [0.5, 0.6) is 0 Å². The molecule has 0 bridgehead atoms.